The van der Waals surface area contributed by atoms with Crippen LogP contribution in [0, 0.1) is 0 Å². The molecular weight excluding hydrogens is 844 g/mol. The molecule has 0 aliphatic rings. The number of hydrogen-bond acceptors (Lipinski definition) is 6. The summed E-state index contributed by atoms with van der Waals surface area (Å²) in [6.45, 7) is 6.92. The van der Waals surface area contributed by atoms with Gasteiger partial charge in [0.2, 0.25) is 5.91 Å². The van der Waals surface area contributed by atoms with E-state index in [-0.39, 0.29) is 32.0 Å². The first kappa shape index (κ1) is 63.7. The van der Waals surface area contributed by atoms with Crippen LogP contribution in [0.2, 0.25) is 0 Å². The number of quaternary nitrogens is 1. The standard InChI is InChI=1S/C56H103N2O7P/c1-7-10-13-16-19-22-25-27-28-29-31-33-36-39-42-45-48-55(59)57-53(52-64-66(61,62)63-51-50-58(4,5)6)54(47-44-41-38-35-32-24-21-18-15-12-9-3)65-56(60)49-46-43-40-37-34-30-26-23-20-17-14-11-8-2/h28-31,33-34,40,43-44,47,53-54H,7-27,32,35-39,41-42,45-46,48-52H2,1-6H3,(H-,57,59,61,62)/p+1/b29-28+,33-31+,34-30-,43-40+,47-44+. The molecule has 0 aromatic heterocycles. The van der Waals surface area contributed by atoms with Gasteiger partial charge in [0, 0.05) is 12.8 Å². The zero-order chi connectivity index (χ0) is 48.7. The van der Waals surface area contributed by atoms with E-state index >= 15 is 0 Å². The maximum atomic E-state index is 13.4. The second-order valence-electron chi connectivity index (χ2n) is 19.4. The number of allylic oxidation sites excluding steroid dienone is 9. The van der Waals surface area contributed by atoms with Crippen LogP contribution in [0.1, 0.15) is 233 Å². The van der Waals surface area contributed by atoms with Crippen molar-refractivity contribution >= 4 is 19.7 Å². The Hall–Kier alpha value is -2.29. The van der Waals surface area contributed by atoms with Gasteiger partial charge in [-0.2, -0.15) is 0 Å². The van der Waals surface area contributed by atoms with Crippen molar-refractivity contribution in [1.29, 1.82) is 0 Å². The maximum Gasteiger partial charge on any atom is 0.472 e. The first-order chi connectivity index (χ1) is 31.9. The van der Waals surface area contributed by atoms with Crippen LogP contribution in [-0.2, 0) is 27.9 Å². The highest BCUT2D eigenvalue weighted by molar-refractivity contribution is 7.47. The number of amides is 1. The van der Waals surface area contributed by atoms with Gasteiger partial charge in [0.05, 0.1) is 33.8 Å². The molecule has 384 valence electrons. The number of rotatable bonds is 48. The van der Waals surface area contributed by atoms with E-state index in [1.54, 1.807) is 0 Å². The molecule has 9 nitrogen and oxygen atoms in total. The van der Waals surface area contributed by atoms with Crippen molar-refractivity contribution in [1.82, 2.24) is 5.32 Å². The fourth-order valence-electron chi connectivity index (χ4n) is 7.45. The highest BCUT2D eigenvalue weighted by Gasteiger charge is 2.30. The van der Waals surface area contributed by atoms with E-state index in [1.165, 1.54) is 128 Å². The number of carbonyl (C=O) groups excluding carboxylic acids is 2. The lowest BCUT2D eigenvalue weighted by atomic mass is 10.1. The van der Waals surface area contributed by atoms with Gasteiger partial charge in [-0.1, -0.05) is 204 Å². The fraction of sp³-hybridized carbons (Fsp3) is 0.786. The van der Waals surface area contributed by atoms with Crippen molar-refractivity contribution in [3.63, 3.8) is 0 Å². The van der Waals surface area contributed by atoms with Crippen LogP contribution < -0.4 is 5.32 Å². The molecule has 1 amide bonds. The second-order valence-corrected chi connectivity index (χ2v) is 20.9. The van der Waals surface area contributed by atoms with Gasteiger partial charge in [-0.05, 0) is 76.7 Å². The average Bonchev–Trinajstić information content (AvgIpc) is 3.27. The number of nitrogens with one attached hydrogen (secondary N) is 1. The Morgan fingerprint density at radius 2 is 0.985 bits per heavy atom. The smallest absolute Gasteiger partial charge is 0.456 e. The first-order valence-electron chi connectivity index (χ1n) is 27.1. The lowest BCUT2D eigenvalue weighted by Crippen LogP contribution is -2.47. The van der Waals surface area contributed by atoms with Gasteiger partial charge in [0.25, 0.3) is 0 Å². The minimum absolute atomic E-state index is 0.0263. The predicted octanol–water partition coefficient (Wildman–Crippen LogP) is 15.9. The summed E-state index contributed by atoms with van der Waals surface area (Å²) in [6, 6.07) is -0.883. The van der Waals surface area contributed by atoms with Crippen LogP contribution in [0.3, 0.4) is 0 Å². The Balaban J connectivity index is 5.50. The van der Waals surface area contributed by atoms with Gasteiger partial charge >= 0.3 is 13.8 Å². The summed E-state index contributed by atoms with van der Waals surface area (Å²) in [6.07, 6.45) is 56.6. The molecule has 0 rings (SSSR count). The number of likely N-dealkylation sites (N-methyl/N-ethyl adjacent to an activating group) is 1. The van der Waals surface area contributed by atoms with Gasteiger partial charge in [0.1, 0.15) is 19.3 Å². The summed E-state index contributed by atoms with van der Waals surface area (Å²) in [5.74, 6) is -0.616. The first-order valence-corrected chi connectivity index (χ1v) is 28.6. The van der Waals surface area contributed by atoms with Crippen molar-refractivity contribution in [3.05, 3.63) is 60.8 Å². The molecule has 0 spiro atoms. The van der Waals surface area contributed by atoms with E-state index in [0.29, 0.717) is 23.9 Å². The highest BCUT2D eigenvalue weighted by Crippen LogP contribution is 2.43. The second kappa shape index (κ2) is 46.4. The van der Waals surface area contributed by atoms with Gasteiger partial charge < -0.3 is 19.4 Å². The van der Waals surface area contributed by atoms with Crippen molar-refractivity contribution in [3.8, 4) is 0 Å². The fourth-order valence-corrected chi connectivity index (χ4v) is 8.19. The number of nitrogens with zero attached hydrogens (tertiary/aromatic N) is 1. The number of hydrogen-bond donors (Lipinski definition) is 2. The summed E-state index contributed by atoms with van der Waals surface area (Å²) in [4.78, 5) is 37.4. The summed E-state index contributed by atoms with van der Waals surface area (Å²) in [7, 11) is 1.45. The zero-order valence-corrected chi connectivity index (χ0v) is 44.6. The largest absolute Gasteiger partial charge is 0.472 e. The van der Waals surface area contributed by atoms with Crippen LogP contribution >= 0.6 is 7.82 Å². The maximum absolute atomic E-state index is 13.4. The molecule has 0 aliphatic carbocycles. The van der Waals surface area contributed by atoms with Crippen LogP contribution in [0.5, 0.6) is 0 Å². The zero-order valence-electron chi connectivity index (χ0n) is 43.7. The minimum atomic E-state index is -4.46. The Morgan fingerprint density at radius 3 is 1.48 bits per heavy atom. The Bertz CT molecular complexity index is 1320. The summed E-state index contributed by atoms with van der Waals surface area (Å²) in [5, 5.41) is 3.01. The topological polar surface area (TPSA) is 111 Å². The lowest BCUT2D eigenvalue weighted by Gasteiger charge is -2.27. The van der Waals surface area contributed by atoms with E-state index < -0.39 is 25.9 Å². The SMILES string of the molecule is CCCCCCCC/C=C\C/C=C/CCC(=O)OC(/C=C/CCCCCCCCCCC)C(COP(=O)(O)OCC[N+](C)(C)C)NC(=O)CCCCC/C=C/C=C/CCCCCCCCC. The number of ether oxygens (including phenoxy) is 1. The monoisotopic (exact) mass is 948 g/mol. The molecule has 0 aromatic rings. The van der Waals surface area contributed by atoms with Crippen molar-refractivity contribution < 1.29 is 37.3 Å². The molecule has 0 saturated heterocycles. The van der Waals surface area contributed by atoms with Crippen LogP contribution in [0.15, 0.2) is 60.8 Å². The molecule has 0 bridgehead atoms. The highest BCUT2D eigenvalue weighted by atomic mass is 31.2. The Labute approximate surface area is 407 Å². The molecule has 0 fully saturated rings. The molecule has 2 N–H and O–H groups in total. The van der Waals surface area contributed by atoms with Gasteiger partial charge in [-0.3, -0.25) is 18.6 Å². The third-order valence-corrected chi connectivity index (χ3v) is 12.7. The third-order valence-electron chi connectivity index (χ3n) is 11.7. The normalized spacial score (nSPS) is 14.3. The average molecular weight is 948 g/mol. The molecule has 3 unspecified atom stereocenters. The van der Waals surface area contributed by atoms with E-state index in [9.17, 15) is 19.0 Å². The van der Waals surface area contributed by atoms with Gasteiger partial charge in [-0.15, -0.1) is 0 Å². The summed E-state index contributed by atoms with van der Waals surface area (Å²) >= 11 is 0. The van der Waals surface area contributed by atoms with E-state index in [1.807, 2.05) is 39.4 Å². The number of esters is 1. The number of carbonyl (C=O) groups is 2. The minimum Gasteiger partial charge on any atom is -0.456 e. The Kier molecular flexibility index (Phi) is 44.8. The van der Waals surface area contributed by atoms with Gasteiger partial charge in [0.15, 0.2) is 0 Å². The number of unbranched alkanes of at least 4 members (excludes halogenated alkanes) is 25. The Morgan fingerprint density at radius 1 is 0.545 bits per heavy atom. The molecule has 0 saturated carbocycles. The van der Waals surface area contributed by atoms with Crippen molar-refractivity contribution in [2.24, 2.45) is 0 Å². The lowest BCUT2D eigenvalue weighted by molar-refractivity contribution is -0.870. The molecule has 66 heavy (non-hydrogen) atoms. The summed E-state index contributed by atoms with van der Waals surface area (Å²) < 4.78 is 30.4. The van der Waals surface area contributed by atoms with E-state index in [4.69, 9.17) is 13.8 Å². The molecule has 3 atom stereocenters. The number of phosphoric acid groups is 1. The van der Waals surface area contributed by atoms with Crippen molar-refractivity contribution in [2.45, 2.75) is 245 Å². The summed E-state index contributed by atoms with van der Waals surface area (Å²) in [5.41, 5.74) is 0. The van der Waals surface area contributed by atoms with Crippen LogP contribution in [0.4, 0.5) is 0 Å². The molecular formula is C56H104N2O7P+. The number of phosphoric ester groups is 1. The van der Waals surface area contributed by atoms with Crippen molar-refractivity contribution in [2.75, 3.05) is 40.9 Å². The quantitative estimate of drug-likeness (QED) is 0.0156. The molecule has 0 aliphatic heterocycles. The van der Waals surface area contributed by atoms with E-state index in [0.717, 1.165) is 57.8 Å². The molecule has 0 radical (unpaired) electrons. The molecule has 0 heterocycles. The van der Waals surface area contributed by atoms with Crippen LogP contribution in [-0.4, -0.2) is 74.3 Å². The van der Waals surface area contributed by atoms with E-state index in [2.05, 4.69) is 68.6 Å². The molecule has 10 heteroatoms. The third kappa shape index (κ3) is 46.8. The van der Waals surface area contributed by atoms with Crippen LogP contribution in [0.25, 0.3) is 0 Å². The molecule has 0 aromatic carbocycles. The predicted molar refractivity (Wildman–Crippen MR) is 282 cm³/mol. The van der Waals surface area contributed by atoms with Gasteiger partial charge in [-0.25, -0.2) is 4.57 Å².